The quantitative estimate of drug-likeness (QED) is 0.384. The SMILES string of the molecule is C=C(/C=C\C=C/C)NCCNCC.CCCCCc1n[nH]c2c1CCCC2. The number of aromatic amines is 1. The molecule has 1 aromatic heterocycles. The van der Waals surface area contributed by atoms with E-state index < -0.39 is 0 Å². The lowest BCUT2D eigenvalue weighted by Crippen LogP contribution is -2.25. The fourth-order valence-corrected chi connectivity index (χ4v) is 3.13. The van der Waals surface area contributed by atoms with Crippen molar-refractivity contribution in [1.82, 2.24) is 20.8 Å². The maximum absolute atomic E-state index is 4.44. The van der Waals surface area contributed by atoms with Crippen LogP contribution in [0.1, 0.15) is 69.8 Å². The largest absolute Gasteiger partial charge is 0.384 e. The van der Waals surface area contributed by atoms with Crippen LogP contribution in [-0.4, -0.2) is 29.8 Å². The molecule has 1 aliphatic carbocycles. The van der Waals surface area contributed by atoms with Crippen LogP contribution in [-0.2, 0) is 19.3 Å². The van der Waals surface area contributed by atoms with Gasteiger partial charge < -0.3 is 10.6 Å². The van der Waals surface area contributed by atoms with Gasteiger partial charge >= 0.3 is 0 Å². The molecule has 4 nitrogen and oxygen atoms in total. The van der Waals surface area contributed by atoms with Crippen molar-refractivity contribution in [3.05, 3.63) is 53.5 Å². The van der Waals surface area contributed by atoms with Gasteiger partial charge in [0.25, 0.3) is 0 Å². The number of nitrogens with zero attached hydrogens (tertiary/aromatic N) is 1. The summed E-state index contributed by atoms with van der Waals surface area (Å²) in [6.45, 7) is 13.1. The van der Waals surface area contributed by atoms with Gasteiger partial charge in [-0.1, -0.05) is 51.5 Å². The summed E-state index contributed by atoms with van der Waals surface area (Å²) in [4.78, 5) is 0. The second-order valence-electron chi connectivity index (χ2n) is 6.98. The monoisotopic (exact) mass is 372 g/mol. The van der Waals surface area contributed by atoms with E-state index in [1.165, 1.54) is 62.8 Å². The molecule has 1 heterocycles. The predicted octanol–water partition coefficient (Wildman–Crippen LogP) is 4.85. The molecule has 0 spiro atoms. The number of likely N-dealkylation sites (N-methyl/N-ethyl adjacent to an activating group) is 1. The van der Waals surface area contributed by atoms with Crippen molar-refractivity contribution >= 4 is 0 Å². The summed E-state index contributed by atoms with van der Waals surface area (Å²) in [6, 6.07) is 0. The van der Waals surface area contributed by atoms with Gasteiger partial charge in [0.1, 0.15) is 0 Å². The Bertz CT molecular complexity index is 569. The summed E-state index contributed by atoms with van der Waals surface area (Å²) >= 11 is 0. The van der Waals surface area contributed by atoms with Crippen LogP contribution in [0.15, 0.2) is 36.6 Å². The van der Waals surface area contributed by atoms with Gasteiger partial charge in [0.05, 0.1) is 5.69 Å². The standard InChI is InChI=1S/C12H20N2.C11H20N2/c1-2-3-4-8-11-10-7-5-6-9-12(10)14-13-11;1-4-6-7-8-11(3)13-10-9-12-5-2/h2-9H2,1H3,(H,13,14);4,6-8,12-13H,3,5,9-10H2,1-2H3/b;6-4-,8-7-. The van der Waals surface area contributed by atoms with Gasteiger partial charge in [-0.05, 0) is 63.6 Å². The van der Waals surface area contributed by atoms with Gasteiger partial charge in [0.2, 0.25) is 0 Å². The molecule has 0 fully saturated rings. The molecule has 0 radical (unpaired) electrons. The lowest BCUT2D eigenvalue weighted by molar-refractivity contribution is 0.665. The van der Waals surface area contributed by atoms with E-state index in [0.717, 1.165) is 25.3 Å². The Kier molecular flexibility index (Phi) is 13.1. The smallest absolute Gasteiger partial charge is 0.0656 e. The number of hydrogen-bond acceptors (Lipinski definition) is 3. The van der Waals surface area contributed by atoms with Crippen LogP contribution in [0, 0.1) is 0 Å². The highest BCUT2D eigenvalue weighted by Gasteiger charge is 2.15. The number of H-pyrrole nitrogens is 1. The molecule has 3 N–H and O–H groups in total. The Labute approximate surface area is 166 Å². The highest BCUT2D eigenvalue weighted by Crippen LogP contribution is 2.23. The number of allylic oxidation sites excluding steroid dienone is 4. The number of unbranched alkanes of at least 4 members (excludes halogenated alkanes) is 2. The van der Waals surface area contributed by atoms with Crippen LogP contribution >= 0.6 is 0 Å². The van der Waals surface area contributed by atoms with Crippen LogP contribution in [0.4, 0.5) is 0 Å². The van der Waals surface area contributed by atoms with Gasteiger partial charge in [-0.25, -0.2) is 0 Å². The zero-order chi connectivity index (χ0) is 19.7. The molecule has 0 unspecified atom stereocenters. The van der Waals surface area contributed by atoms with Crippen molar-refractivity contribution in [2.45, 2.75) is 72.1 Å². The van der Waals surface area contributed by atoms with Crippen molar-refractivity contribution in [3.8, 4) is 0 Å². The molecule has 0 saturated carbocycles. The van der Waals surface area contributed by atoms with Gasteiger partial charge in [0, 0.05) is 24.5 Å². The minimum absolute atomic E-state index is 0.923. The van der Waals surface area contributed by atoms with E-state index >= 15 is 0 Å². The summed E-state index contributed by atoms with van der Waals surface area (Å²) in [5.41, 5.74) is 5.28. The van der Waals surface area contributed by atoms with E-state index in [9.17, 15) is 0 Å². The van der Waals surface area contributed by atoms with Crippen molar-refractivity contribution in [2.24, 2.45) is 0 Å². The van der Waals surface area contributed by atoms with E-state index in [1.54, 1.807) is 5.56 Å². The van der Waals surface area contributed by atoms with E-state index in [-0.39, 0.29) is 0 Å². The minimum Gasteiger partial charge on any atom is -0.384 e. The maximum atomic E-state index is 4.44. The number of nitrogens with one attached hydrogen (secondary N) is 3. The lowest BCUT2D eigenvalue weighted by Gasteiger charge is -2.10. The molecule has 27 heavy (non-hydrogen) atoms. The molecule has 0 bridgehead atoms. The normalized spacial score (nSPS) is 13.4. The lowest BCUT2D eigenvalue weighted by atomic mass is 9.94. The minimum atomic E-state index is 0.923. The topological polar surface area (TPSA) is 52.7 Å². The number of fused-ring (bicyclic) bond motifs is 1. The third-order valence-corrected chi connectivity index (χ3v) is 4.66. The number of aromatic nitrogens is 2. The van der Waals surface area contributed by atoms with Gasteiger partial charge in [0.15, 0.2) is 0 Å². The Balaban J connectivity index is 0.000000271. The van der Waals surface area contributed by atoms with Crippen molar-refractivity contribution < 1.29 is 0 Å². The Morgan fingerprint density at radius 3 is 2.70 bits per heavy atom. The second-order valence-corrected chi connectivity index (χ2v) is 6.98. The molecular weight excluding hydrogens is 332 g/mol. The summed E-state index contributed by atoms with van der Waals surface area (Å²) in [5.74, 6) is 0. The molecular formula is C23H40N4. The maximum Gasteiger partial charge on any atom is 0.0656 e. The van der Waals surface area contributed by atoms with Gasteiger partial charge in [-0.2, -0.15) is 5.10 Å². The summed E-state index contributed by atoms with van der Waals surface area (Å²) in [6.07, 6.45) is 18.2. The Morgan fingerprint density at radius 2 is 1.96 bits per heavy atom. The van der Waals surface area contributed by atoms with E-state index in [0.29, 0.717) is 0 Å². The van der Waals surface area contributed by atoms with Crippen LogP contribution in [0.5, 0.6) is 0 Å². The molecule has 0 amide bonds. The number of hydrogen-bond donors (Lipinski definition) is 3. The number of rotatable bonds is 11. The van der Waals surface area contributed by atoms with E-state index in [4.69, 9.17) is 0 Å². The zero-order valence-electron chi connectivity index (χ0n) is 17.7. The molecule has 152 valence electrons. The predicted molar refractivity (Wildman–Crippen MR) is 118 cm³/mol. The third-order valence-electron chi connectivity index (χ3n) is 4.66. The number of aryl methyl sites for hydroxylation is 2. The molecule has 4 heteroatoms. The van der Waals surface area contributed by atoms with Crippen LogP contribution < -0.4 is 10.6 Å². The Hall–Kier alpha value is -1.81. The van der Waals surface area contributed by atoms with Crippen LogP contribution in [0.25, 0.3) is 0 Å². The van der Waals surface area contributed by atoms with Crippen molar-refractivity contribution in [2.75, 3.05) is 19.6 Å². The average Bonchev–Trinajstić information content (AvgIpc) is 3.10. The molecule has 0 aliphatic heterocycles. The fourth-order valence-electron chi connectivity index (χ4n) is 3.13. The first-order chi connectivity index (χ1) is 13.2. The average molecular weight is 373 g/mol. The first kappa shape index (κ1) is 23.2. The first-order valence-corrected chi connectivity index (χ1v) is 10.7. The van der Waals surface area contributed by atoms with Gasteiger partial charge in [-0.15, -0.1) is 0 Å². The molecule has 1 aromatic rings. The first-order valence-electron chi connectivity index (χ1n) is 10.7. The van der Waals surface area contributed by atoms with E-state index in [1.807, 2.05) is 31.2 Å². The fraction of sp³-hybridized carbons (Fsp3) is 0.609. The highest BCUT2D eigenvalue weighted by molar-refractivity contribution is 5.27. The van der Waals surface area contributed by atoms with Gasteiger partial charge in [-0.3, -0.25) is 5.10 Å². The van der Waals surface area contributed by atoms with Crippen molar-refractivity contribution in [3.63, 3.8) is 0 Å². The van der Waals surface area contributed by atoms with Crippen molar-refractivity contribution in [1.29, 1.82) is 0 Å². The Morgan fingerprint density at radius 1 is 1.15 bits per heavy atom. The van der Waals surface area contributed by atoms with E-state index in [2.05, 4.69) is 41.3 Å². The molecule has 1 aliphatic rings. The van der Waals surface area contributed by atoms with Crippen LogP contribution in [0.3, 0.4) is 0 Å². The molecule has 2 rings (SSSR count). The summed E-state index contributed by atoms with van der Waals surface area (Å²) in [5, 5.41) is 14.1. The van der Waals surface area contributed by atoms with Crippen LogP contribution in [0.2, 0.25) is 0 Å². The zero-order valence-corrected chi connectivity index (χ0v) is 17.7. The highest BCUT2D eigenvalue weighted by atomic mass is 15.1. The molecule has 0 atom stereocenters. The molecule has 0 aromatic carbocycles. The second kappa shape index (κ2) is 15.3. The third kappa shape index (κ3) is 10.2. The molecule has 0 saturated heterocycles. The summed E-state index contributed by atoms with van der Waals surface area (Å²) < 4.78 is 0. The summed E-state index contributed by atoms with van der Waals surface area (Å²) in [7, 11) is 0.